The molecule has 0 aromatic carbocycles. The largest absolute Gasteiger partial charge is 0.395 e. The van der Waals surface area contributed by atoms with Crippen molar-refractivity contribution in [1.82, 2.24) is 4.90 Å². The minimum atomic E-state index is 0.0237. The molecule has 0 aromatic rings. The first kappa shape index (κ1) is 12.9. The summed E-state index contributed by atoms with van der Waals surface area (Å²) in [4.78, 5) is 2.20. The standard InChI is InChI=1S/C10H24N2O/c1-5-9(6-2)12(4)10(7-13)8(3)11/h8-10,13H,5-7,11H2,1-4H3. The summed E-state index contributed by atoms with van der Waals surface area (Å²) in [5.41, 5.74) is 5.79. The molecule has 0 radical (unpaired) electrons. The summed E-state index contributed by atoms with van der Waals surface area (Å²) in [5, 5.41) is 9.19. The minimum Gasteiger partial charge on any atom is -0.395 e. The molecule has 2 unspecified atom stereocenters. The predicted molar refractivity (Wildman–Crippen MR) is 56.7 cm³/mol. The van der Waals surface area contributed by atoms with E-state index in [9.17, 15) is 5.11 Å². The number of aliphatic hydroxyl groups excluding tert-OH is 1. The highest BCUT2D eigenvalue weighted by Crippen LogP contribution is 2.11. The van der Waals surface area contributed by atoms with Crippen LogP contribution in [0.25, 0.3) is 0 Å². The molecule has 0 fully saturated rings. The Morgan fingerprint density at radius 1 is 1.31 bits per heavy atom. The zero-order chi connectivity index (χ0) is 10.4. The van der Waals surface area contributed by atoms with E-state index in [4.69, 9.17) is 5.73 Å². The Morgan fingerprint density at radius 2 is 1.77 bits per heavy atom. The molecule has 0 heterocycles. The Hall–Kier alpha value is -0.120. The van der Waals surface area contributed by atoms with E-state index >= 15 is 0 Å². The molecule has 0 amide bonds. The van der Waals surface area contributed by atoms with Crippen LogP contribution < -0.4 is 5.73 Å². The van der Waals surface area contributed by atoms with Gasteiger partial charge in [0.2, 0.25) is 0 Å². The molecule has 3 nitrogen and oxygen atoms in total. The number of rotatable bonds is 6. The van der Waals surface area contributed by atoms with Gasteiger partial charge in [0.1, 0.15) is 0 Å². The van der Waals surface area contributed by atoms with Gasteiger partial charge in [-0.3, -0.25) is 4.90 Å². The van der Waals surface area contributed by atoms with E-state index in [0.717, 1.165) is 12.8 Å². The number of nitrogens with zero attached hydrogens (tertiary/aromatic N) is 1. The van der Waals surface area contributed by atoms with Gasteiger partial charge in [-0.25, -0.2) is 0 Å². The second-order valence-corrected chi connectivity index (χ2v) is 3.74. The highest BCUT2D eigenvalue weighted by Gasteiger charge is 2.22. The molecule has 2 atom stereocenters. The van der Waals surface area contributed by atoms with E-state index in [2.05, 4.69) is 18.7 Å². The number of hydrogen-bond acceptors (Lipinski definition) is 3. The van der Waals surface area contributed by atoms with Gasteiger partial charge in [-0.2, -0.15) is 0 Å². The van der Waals surface area contributed by atoms with Crippen molar-refractivity contribution in [3.05, 3.63) is 0 Å². The van der Waals surface area contributed by atoms with E-state index in [1.54, 1.807) is 0 Å². The summed E-state index contributed by atoms with van der Waals surface area (Å²) in [6, 6.07) is 0.642. The van der Waals surface area contributed by atoms with Crippen LogP contribution in [0.15, 0.2) is 0 Å². The van der Waals surface area contributed by atoms with Crippen LogP contribution in [0.1, 0.15) is 33.6 Å². The minimum absolute atomic E-state index is 0.0237. The fourth-order valence-electron chi connectivity index (χ4n) is 1.80. The van der Waals surface area contributed by atoms with Crippen molar-refractivity contribution in [2.45, 2.75) is 51.7 Å². The molecule has 0 rings (SSSR count). The van der Waals surface area contributed by atoms with E-state index in [1.807, 2.05) is 14.0 Å². The normalized spacial score (nSPS) is 16.6. The van der Waals surface area contributed by atoms with Gasteiger partial charge in [-0.1, -0.05) is 13.8 Å². The molecule has 80 valence electrons. The molecule has 0 aliphatic heterocycles. The molecule has 0 spiro atoms. The molecule has 3 N–H and O–H groups in total. The Kier molecular flexibility index (Phi) is 6.29. The van der Waals surface area contributed by atoms with Crippen LogP contribution in [0, 0.1) is 0 Å². The van der Waals surface area contributed by atoms with Crippen molar-refractivity contribution in [1.29, 1.82) is 0 Å². The summed E-state index contributed by atoms with van der Waals surface area (Å²) in [7, 11) is 2.04. The van der Waals surface area contributed by atoms with E-state index < -0.39 is 0 Å². The highest BCUT2D eigenvalue weighted by atomic mass is 16.3. The SMILES string of the molecule is CCC(CC)N(C)C(CO)C(C)N. The van der Waals surface area contributed by atoms with E-state index in [0.29, 0.717) is 6.04 Å². The fraction of sp³-hybridized carbons (Fsp3) is 1.00. The molecule has 0 saturated heterocycles. The number of hydrogen-bond donors (Lipinski definition) is 2. The fourth-order valence-corrected chi connectivity index (χ4v) is 1.80. The lowest BCUT2D eigenvalue weighted by molar-refractivity contribution is 0.0905. The second kappa shape index (κ2) is 6.35. The quantitative estimate of drug-likeness (QED) is 0.648. The maximum absolute atomic E-state index is 9.19. The van der Waals surface area contributed by atoms with Crippen LogP contribution in [0.5, 0.6) is 0 Å². The molecule has 0 bridgehead atoms. The molecular formula is C10H24N2O. The third-order valence-corrected chi connectivity index (χ3v) is 2.84. The number of aliphatic hydroxyl groups is 1. The van der Waals surface area contributed by atoms with E-state index in [-0.39, 0.29) is 18.7 Å². The van der Waals surface area contributed by atoms with Crippen LogP contribution in [0.4, 0.5) is 0 Å². The lowest BCUT2D eigenvalue weighted by atomic mass is 10.0. The average Bonchev–Trinajstić information content (AvgIpc) is 2.07. The number of likely N-dealkylation sites (N-methyl/N-ethyl adjacent to an activating group) is 1. The maximum Gasteiger partial charge on any atom is 0.0601 e. The Labute approximate surface area is 81.9 Å². The van der Waals surface area contributed by atoms with Crippen LogP contribution in [-0.4, -0.2) is 41.8 Å². The van der Waals surface area contributed by atoms with Crippen LogP contribution in [0.3, 0.4) is 0 Å². The molecule has 0 saturated carbocycles. The summed E-state index contributed by atoms with van der Waals surface area (Å²) in [6.45, 7) is 6.42. The molecule has 3 heteroatoms. The van der Waals surface area contributed by atoms with Gasteiger partial charge in [-0.05, 0) is 26.8 Å². The highest BCUT2D eigenvalue weighted by molar-refractivity contribution is 4.80. The van der Waals surface area contributed by atoms with Crippen molar-refractivity contribution in [2.24, 2.45) is 5.73 Å². The first-order chi connectivity index (χ1) is 6.08. The average molecular weight is 188 g/mol. The zero-order valence-electron chi connectivity index (χ0n) is 9.33. The van der Waals surface area contributed by atoms with Crippen LogP contribution in [-0.2, 0) is 0 Å². The van der Waals surface area contributed by atoms with E-state index in [1.165, 1.54) is 0 Å². The van der Waals surface area contributed by atoms with Gasteiger partial charge in [0.15, 0.2) is 0 Å². The van der Waals surface area contributed by atoms with Gasteiger partial charge in [-0.15, -0.1) is 0 Å². The van der Waals surface area contributed by atoms with Crippen molar-refractivity contribution < 1.29 is 5.11 Å². The second-order valence-electron chi connectivity index (χ2n) is 3.74. The van der Waals surface area contributed by atoms with Crippen molar-refractivity contribution in [3.8, 4) is 0 Å². The maximum atomic E-state index is 9.19. The zero-order valence-corrected chi connectivity index (χ0v) is 9.33. The van der Waals surface area contributed by atoms with Crippen molar-refractivity contribution in [2.75, 3.05) is 13.7 Å². The van der Waals surface area contributed by atoms with Gasteiger partial charge in [0.25, 0.3) is 0 Å². The van der Waals surface area contributed by atoms with Crippen molar-refractivity contribution >= 4 is 0 Å². The van der Waals surface area contributed by atoms with Gasteiger partial charge in [0, 0.05) is 18.1 Å². The lowest BCUT2D eigenvalue weighted by Crippen LogP contribution is -2.50. The molecule has 0 aliphatic rings. The molecule has 13 heavy (non-hydrogen) atoms. The smallest absolute Gasteiger partial charge is 0.0601 e. The third kappa shape index (κ3) is 3.63. The Morgan fingerprint density at radius 3 is 2.00 bits per heavy atom. The molecule has 0 aliphatic carbocycles. The molecule has 0 aromatic heterocycles. The van der Waals surface area contributed by atoms with Crippen LogP contribution in [0.2, 0.25) is 0 Å². The first-order valence-corrected chi connectivity index (χ1v) is 5.16. The number of nitrogens with two attached hydrogens (primary N) is 1. The topological polar surface area (TPSA) is 49.5 Å². The van der Waals surface area contributed by atoms with Crippen molar-refractivity contribution in [3.63, 3.8) is 0 Å². The third-order valence-electron chi connectivity index (χ3n) is 2.84. The Balaban J connectivity index is 4.24. The molecular weight excluding hydrogens is 164 g/mol. The summed E-state index contributed by atoms with van der Waals surface area (Å²) >= 11 is 0. The summed E-state index contributed by atoms with van der Waals surface area (Å²) in [6.07, 6.45) is 2.21. The Bertz CT molecular complexity index is 124. The monoisotopic (exact) mass is 188 g/mol. The first-order valence-electron chi connectivity index (χ1n) is 5.16. The predicted octanol–water partition coefficient (Wildman–Crippen LogP) is 0.815. The lowest BCUT2D eigenvalue weighted by Gasteiger charge is -2.35. The summed E-state index contributed by atoms with van der Waals surface area (Å²) < 4.78 is 0. The van der Waals surface area contributed by atoms with Gasteiger partial charge < -0.3 is 10.8 Å². The van der Waals surface area contributed by atoms with Crippen LogP contribution >= 0.6 is 0 Å². The summed E-state index contributed by atoms with van der Waals surface area (Å²) in [5.74, 6) is 0. The van der Waals surface area contributed by atoms with Gasteiger partial charge >= 0.3 is 0 Å². The van der Waals surface area contributed by atoms with Gasteiger partial charge in [0.05, 0.1) is 6.61 Å².